The molecular weight excluding hydrogens is 330 g/mol. The number of nitrogens with zero attached hydrogens (tertiary/aromatic N) is 3. The third-order valence-electron chi connectivity index (χ3n) is 4.42. The van der Waals surface area contributed by atoms with Crippen LogP contribution in [0.2, 0.25) is 0 Å². The minimum atomic E-state index is -0.353. The van der Waals surface area contributed by atoms with Gasteiger partial charge in [-0.1, -0.05) is 47.6 Å². The molecule has 0 radical (unpaired) electrons. The third kappa shape index (κ3) is 3.36. The van der Waals surface area contributed by atoms with Crippen LogP contribution in [0.1, 0.15) is 28.2 Å². The van der Waals surface area contributed by atoms with Crippen LogP contribution >= 0.6 is 0 Å². The third-order valence-corrected chi connectivity index (χ3v) is 4.42. The van der Waals surface area contributed by atoms with E-state index >= 15 is 0 Å². The fraction of sp³-hybridized carbons (Fsp3) is 0.250. The lowest BCUT2D eigenvalue weighted by atomic mass is 10.0. The SMILES string of the molecule is Cc1nc([C@H]2CN(C(=O)c3ccc(-c4ccccc4)cc3)CCO2)no1. The summed E-state index contributed by atoms with van der Waals surface area (Å²) in [6, 6.07) is 17.8. The summed E-state index contributed by atoms with van der Waals surface area (Å²) >= 11 is 0. The van der Waals surface area contributed by atoms with Gasteiger partial charge in [0, 0.05) is 19.0 Å². The van der Waals surface area contributed by atoms with Crippen LogP contribution in [-0.4, -0.2) is 40.6 Å². The van der Waals surface area contributed by atoms with Gasteiger partial charge in [-0.25, -0.2) is 0 Å². The highest BCUT2D eigenvalue weighted by atomic mass is 16.5. The van der Waals surface area contributed by atoms with Crippen molar-refractivity contribution < 1.29 is 14.1 Å². The van der Waals surface area contributed by atoms with Gasteiger partial charge in [-0.2, -0.15) is 4.98 Å². The molecule has 1 aromatic heterocycles. The van der Waals surface area contributed by atoms with E-state index in [0.717, 1.165) is 11.1 Å². The van der Waals surface area contributed by atoms with Gasteiger partial charge in [0.1, 0.15) is 6.10 Å². The lowest BCUT2D eigenvalue weighted by Crippen LogP contribution is -2.42. The Labute approximate surface area is 151 Å². The van der Waals surface area contributed by atoms with Crippen molar-refractivity contribution in [3.63, 3.8) is 0 Å². The van der Waals surface area contributed by atoms with Crippen LogP contribution in [0.5, 0.6) is 0 Å². The Balaban J connectivity index is 1.48. The molecule has 1 saturated heterocycles. The van der Waals surface area contributed by atoms with Crippen LogP contribution in [0, 0.1) is 6.92 Å². The van der Waals surface area contributed by atoms with E-state index in [1.165, 1.54) is 0 Å². The summed E-state index contributed by atoms with van der Waals surface area (Å²) in [5.41, 5.74) is 2.88. The average molecular weight is 349 g/mol. The fourth-order valence-electron chi connectivity index (χ4n) is 3.05. The summed E-state index contributed by atoms with van der Waals surface area (Å²) < 4.78 is 10.7. The number of morpholine rings is 1. The molecule has 26 heavy (non-hydrogen) atoms. The van der Waals surface area contributed by atoms with Gasteiger partial charge < -0.3 is 14.2 Å². The Bertz CT molecular complexity index is 890. The van der Waals surface area contributed by atoms with E-state index in [-0.39, 0.29) is 12.0 Å². The van der Waals surface area contributed by atoms with E-state index < -0.39 is 0 Å². The molecule has 0 N–H and O–H groups in total. The Hall–Kier alpha value is -2.99. The molecule has 0 spiro atoms. The van der Waals surface area contributed by atoms with Crippen LogP contribution in [-0.2, 0) is 4.74 Å². The fourth-order valence-corrected chi connectivity index (χ4v) is 3.05. The molecule has 132 valence electrons. The maximum absolute atomic E-state index is 12.8. The second-order valence-corrected chi connectivity index (χ2v) is 6.23. The number of rotatable bonds is 3. The minimum absolute atomic E-state index is 0.0156. The maximum atomic E-state index is 12.8. The van der Waals surface area contributed by atoms with Crippen molar-refractivity contribution in [2.24, 2.45) is 0 Å². The van der Waals surface area contributed by atoms with Gasteiger partial charge in [-0.05, 0) is 23.3 Å². The maximum Gasteiger partial charge on any atom is 0.254 e. The number of carbonyl (C=O) groups is 1. The zero-order valence-electron chi connectivity index (χ0n) is 14.5. The van der Waals surface area contributed by atoms with Crippen molar-refractivity contribution in [2.45, 2.75) is 13.0 Å². The quantitative estimate of drug-likeness (QED) is 0.726. The first-order valence-corrected chi connectivity index (χ1v) is 8.57. The molecule has 1 fully saturated rings. The van der Waals surface area contributed by atoms with E-state index in [1.54, 1.807) is 11.8 Å². The minimum Gasteiger partial charge on any atom is -0.366 e. The molecule has 6 heteroatoms. The lowest BCUT2D eigenvalue weighted by Gasteiger charge is -2.31. The smallest absolute Gasteiger partial charge is 0.254 e. The van der Waals surface area contributed by atoms with E-state index in [0.29, 0.717) is 37.0 Å². The zero-order valence-corrected chi connectivity index (χ0v) is 14.5. The molecule has 1 atom stereocenters. The van der Waals surface area contributed by atoms with E-state index in [9.17, 15) is 4.79 Å². The van der Waals surface area contributed by atoms with Crippen molar-refractivity contribution in [1.82, 2.24) is 15.0 Å². The summed E-state index contributed by atoms with van der Waals surface area (Å²) in [7, 11) is 0. The van der Waals surface area contributed by atoms with Gasteiger partial charge in [0.05, 0.1) is 13.2 Å². The first-order chi connectivity index (χ1) is 12.7. The molecular formula is C20H19N3O3. The molecule has 0 aliphatic carbocycles. The van der Waals surface area contributed by atoms with Gasteiger partial charge >= 0.3 is 0 Å². The largest absolute Gasteiger partial charge is 0.366 e. The standard InChI is InChI=1S/C20H19N3O3/c1-14-21-19(22-26-14)18-13-23(11-12-25-18)20(24)17-9-7-16(8-10-17)15-5-3-2-4-6-15/h2-10,18H,11-13H2,1H3/t18-/m1/s1. The average Bonchev–Trinajstić information content (AvgIpc) is 3.15. The topological polar surface area (TPSA) is 68.5 Å². The first-order valence-electron chi connectivity index (χ1n) is 8.57. The van der Waals surface area contributed by atoms with Gasteiger partial charge in [-0.3, -0.25) is 4.79 Å². The number of aryl methyl sites for hydroxylation is 1. The van der Waals surface area contributed by atoms with Crippen LogP contribution in [0.3, 0.4) is 0 Å². The van der Waals surface area contributed by atoms with E-state index in [1.807, 2.05) is 42.5 Å². The predicted molar refractivity (Wildman–Crippen MR) is 95.5 cm³/mol. The molecule has 1 aliphatic heterocycles. The summed E-state index contributed by atoms with van der Waals surface area (Å²) in [6.45, 7) is 3.15. The molecule has 0 saturated carbocycles. The molecule has 3 aromatic rings. The Morgan fingerprint density at radius 3 is 2.50 bits per heavy atom. The molecule has 2 aromatic carbocycles. The van der Waals surface area contributed by atoms with Crippen LogP contribution < -0.4 is 0 Å². The van der Waals surface area contributed by atoms with Crippen molar-refractivity contribution >= 4 is 5.91 Å². The van der Waals surface area contributed by atoms with Crippen molar-refractivity contribution in [1.29, 1.82) is 0 Å². The van der Waals surface area contributed by atoms with Crippen molar-refractivity contribution in [3.05, 3.63) is 71.9 Å². The van der Waals surface area contributed by atoms with Gasteiger partial charge in [0.25, 0.3) is 5.91 Å². The number of ether oxygens (including phenoxy) is 1. The Morgan fingerprint density at radius 1 is 1.08 bits per heavy atom. The Kier molecular flexibility index (Phi) is 4.50. The van der Waals surface area contributed by atoms with Crippen LogP contribution in [0.15, 0.2) is 59.1 Å². The van der Waals surface area contributed by atoms with Gasteiger partial charge in [0.2, 0.25) is 11.7 Å². The predicted octanol–water partition coefficient (Wildman–Crippen LogP) is 3.26. The second-order valence-electron chi connectivity index (χ2n) is 6.23. The molecule has 2 heterocycles. The van der Waals surface area contributed by atoms with Gasteiger partial charge in [-0.15, -0.1) is 0 Å². The molecule has 6 nitrogen and oxygen atoms in total. The molecule has 0 unspecified atom stereocenters. The Morgan fingerprint density at radius 2 is 1.81 bits per heavy atom. The number of hydrogen-bond donors (Lipinski definition) is 0. The summed E-state index contributed by atoms with van der Waals surface area (Å²) in [6.07, 6.45) is -0.353. The van der Waals surface area contributed by atoms with E-state index in [2.05, 4.69) is 22.3 Å². The summed E-state index contributed by atoms with van der Waals surface area (Å²) in [4.78, 5) is 18.8. The zero-order chi connectivity index (χ0) is 17.9. The van der Waals surface area contributed by atoms with E-state index in [4.69, 9.17) is 9.26 Å². The van der Waals surface area contributed by atoms with Crippen LogP contribution in [0.25, 0.3) is 11.1 Å². The molecule has 4 rings (SSSR count). The highest BCUT2D eigenvalue weighted by molar-refractivity contribution is 5.94. The first kappa shape index (κ1) is 16.5. The number of hydrogen-bond acceptors (Lipinski definition) is 5. The number of benzene rings is 2. The summed E-state index contributed by atoms with van der Waals surface area (Å²) in [5.74, 6) is 0.959. The highest BCUT2D eigenvalue weighted by Gasteiger charge is 2.29. The number of carbonyl (C=O) groups excluding carboxylic acids is 1. The molecule has 1 amide bonds. The number of aromatic nitrogens is 2. The normalized spacial score (nSPS) is 17.3. The lowest BCUT2D eigenvalue weighted by molar-refractivity contribution is -0.0276. The van der Waals surface area contributed by atoms with Crippen LogP contribution in [0.4, 0.5) is 0 Å². The van der Waals surface area contributed by atoms with Gasteiger partial charge in [0.15, 0.2) is 0 Å². The summed E-state index contributed by atoms with van der Waals surface area (Å²) in [5, 5.41) is 3.90. The molecule has 0 bridgehead atoms. The number of amides is 1. The second kappa shape index (κ2) is 7.09. The van der Waals surface area contributed by atoms with Crippen molar-refractivity contribution in [2.75, 3.05) is 19.7 Å². The monoisotopic (exact) mass is 349 g/mol. The van der Waals surface area contributed by atoms with Crippen molar-refractivity contribution in [3.8, 4) is 11.1 Å². The highest BCUT2D eigenvalue weighted by Crippen LogP contribution is 2.23. The molecule has 1 aliphatic rings.